The van der Waals surface area contributed by atoms with Crippen LogP contribution < -0.4 is 0 Å². The van der Waals surface area contributed by atoms with Gasteiger partial charge in [0, 0.05) is 17.3 Å². The Bertz CT molecular complexity index is 591. The number of rotatable bonds is 4. The highest BCUT2D eigenvalue weighted by Gasteiger charge is 2.20. The molecule has 98 valence electrons. The topological polar surface area (TPSA) is 44.1 Å². The van der Waals surface area contributed by atoms with Crippen LogP contribution in [0.5, 0.6) is 0 Å². The van der Waals surface area contributed by atoms with Crippen molar-refractivity contribution in [3.8, 4) is 6.07 Å². The number of hydrogen-bond acceptors (Lipinski definition) is 3. The number of thiophene rings is 1. The van der Waals surface area contributed by atoms with Crippen LogP contribution in [0.1, 0.15) is 29.9 Å². The lowest BCUT2D eigenvalue weighted by molar-refractivity contribution is 0.0715. The fraction of sp³-hybridized carbons (Fsp3) is 0.333. The monoisotopic (exact) mass is 272 g/mol. The molecule has 0 radical (unpaired) electrons. The summed E-state index contributed by atoms with van der Waals surface area (Å²) in [6.07, 6.45) is 0.370. The summed E-state index contributed by atoms with van der Waals surface area (Å²) in [4.78, 5) is 15.0. The zero-order chi connectivity index (χ0) is 13.8. The minimum atomic E-state index is 0.0199. The molecule has 0 aliphatic rings. The summed E-state index contributed by atoms with van der Waals surface area (Å²) >= 11 is 1.51. The van der Waals surface area contributed by atoms with Gasteiger partial charge in [0.05, 0.1) is 17.4 Å². The van der Waals surface area contributed by atoms with Gasteiger partial charge >= 0.3 is 0 Å². The maximum absolute atomic E-state index is 12.5. The number of nitriles is 1. The number of amides is 1. The lowest BCUT2D eigenvalue weighted by atomic mass is 10.2. The van der Waals surface area contributed by atoms with Gasteiger partial charge in [0.25, 0.3) is 5.91 Å². The second-order valence-corrected chi connectivity index (χ2v) is 5.73. The summed E-state index contributed by atoms with van der Waals surface area (Å²) in [7, 11) is 0. The van der Waals surface area contributed by atoms with Crippen molar-refractivity contribution < 1.29 is 4.79 Å². The van der Waals surface area contributed by atoms with Gasteiger partial charge in [-0.25, -0.2) is 0 Å². The Hall–Kier alpha value is -1.86. The maximum atomic E-state index is 12.5. The highest BCUT2D eigenvalue weighted by Crippen LogP contribution is 2.26. The van der Waals surface area contributed by atoms with E-state index in [9.17, 15) is 4.79 Å². The molecule has 1 amide bonds. The molecule has 1 aromatic heterocycles. The largest absolute Gasteiger partial charge is 0.334 e. The Morgan fingerprint density at radius 3 is 2.79 bits per heavy atom. The Morgan fingerprint density at radius 2 is 2.16 bits per heavy atom. The Kier molecular flexibility index (Phi) is 4.18. The van der Waals surface area contributed by atoms with E-state index in [0.717, 1.165) is 15.0 Å². The minimum absolute atomic E-state index is 0.0199. The van der Waals surface area contributed by atoms with Crippen LogP contribution in [0.4, 0.5) is 0 Å². The van der Waals surface area contributed by atoms with Crippen molar-refractivity contribution in [1.29, 1.82) is 5.26 Å². The van der Waals surface area contributed by atoms with E-state index in [1.54, 1.807) is 4.90 Å². The van der Waals surface area contributed by atoms with Crippen LogP contribution >= 0.6 is 11.3 Å². The first-order valence-corrected chi connectivity index (χ1v) is 7.11. The second kappa shape index (κ2) is 5.85. The van der Waals surface area contributed by atoms with E-state index in [1.807, 2.05) is 44.2 Å². The SMILES string of the molecule is CC(C)N(CCC#N)C(=O)c1cc2ccccc2s1. The van der Waals surface area contributed by atoms with Gasteiger partial charge in [-0.15, -0.1) is 11.3 Å². The van der Waals surface area contributed by atoms with E-state index in [1.165, 1.54) is 11.3 Å². The standard InChI is InChI=1S/C15H16N2OS/c1-11(2)17(9-5-8-16)15(18)14-10-12-6-3-4-7-13(12)19-14/h3-4,6-7,10-11H,5,9H2,1-2H3. The molecule has 1 heterocycles. The summed E-state index contributed by atoms with van der Waals surface area (Å²) in [5, 5.41) is 9.78. The molecular weight excluding hydrogens is 256 g/mol. The molecule has 0 unspecified atom stereocenters. The van der Waals surface area contributed by atoms with Crippen molar-refractivity contribution >= 4 is 27.3 Å². The van der Waals surface area contributed by atoms with Crippen LogP contribution in [-0.2, 0) is 0 Å². The minimum Gasteiger partial charge on any atom is -0.334 e. The summed E-state index contributed by atoms with van der Waals surface area (Å²) in [6, 6.07) is 12.1. The third kappa shape index (κ3) is 2.94. The molecule has 0 saturated carbocycles. The average Bonchev–Trinajstić information content (AvgIpc) is 2.82. The van der Waals surface area contributed by atoms with E-state index in [2.05, 4.69) is 6.07 Å². The molecule has 3 nitrogen and oxygen atoms in total. The smallest absolute Gasteiger partial charge is 0.264 e. The van der Waals surface area contributed by atoms with Crippen LogP contribution in [0, 0.1) is 11.3 Å². The van der Waals surface area contributed by atoms with Crippen LogP contribution in [0.3, 0.4) is 0 Å². The fourth-order valence-electron chi connectivity index (χ4n) is 1.99. The van der Waals surface area contributed by atoms with E-state index in [-0.39, 0.29) is 11.9 Å². The van der Waals surface area contributed by atoms with Gasteiger partial charge in [-0.2, -0.15) is 5.26 Å². The summed E-state index contributed by atoms with van der Waals surface area (Å²) in [6.45, 7) is 4.44. The van der Waals surface area contributed by atoms with E-state index in [4.69, 9.17) is 5.26 Å². The summed E-state index contributed by atoms with van der Waals surface area (Å²) < 4.78 is 1.12. The van der Waals surface area contributed by atoms with Crippen molar-refractivity contribution in [3.63, 3.8) is 0 Å². The van der Waals surface area contributed by atoms with E-state index >= 15 is 0 Å². The highest BCUT2D eigenvalue weighted by molar-refractivity contribution is 7.20. The number of carbonyl (C=O) groups excluding carboxylic acids is 1. The number of carbonyl (C=O) groups is 1. The molecule has 4 heteroatoms. The van der Waals surface area contributed by atoms with E-state index in [0.29, 0.717) is 13.0 Å². The summed E-state index contributed by atoms with van der Waals surface area (Å²) in [5.41, 5.74) is 0. The number of fused-ring (bicyclic) bond motifs is 1. The zero-order valence-corrected chi connectivity index (χ0v) is 11.9. The first kappa shape index (κ1) is 13.6. The Balaban J connectivity index is 2.28. The van der Waals surface area contributed by atoms with Gasteiger partial charge < -0.3 is 4.90 Å². The van der Waals surface area contributed by atoms with Crippen LogP contribution in [0.2, 0.25) is 0 Å². The van der Waals surface area contributed by atoms with E-state index < -0.39 is 0 Å². The summed E-state index contributed by atoms with van der Waals surface area (Å²) in [5.74, 6) is 0.0199. The van der Waals surface area contributed by atoms with Crippen LogP contribution in [0.25, 0.3) is 10.1 Å². The second-order valence-electron chi connectivity index (χ2n) is 4.65. The molecule has 0 fully saturated rings. The maximum Gasteiger partial charge on any atom is 0.264 e. The molecule has 2 aromatic rings. The molecule has 0 saturated heterocycles. The molecule has 0 bridgehead atoms. The highest BCUT2D eigenvalue weighted by atomic mass is 32.1. The predicted molar refractivity (Wildman–Crippen MR) is 78.2 cm³/mol. The molecule has 2 rings (SSSR count). The number of nitrogens with zero attached hydrogens (tertiary/aromatic N) is 2. The molecule has 0 aliphatic heterocycles. The number of benzene rings is 1. The van der Waals surface area contributed by atoms with Gasteiger partial charge in [0.15, 0.2) is 0 Å². The third-order valence-corrected chi connectivity index (χ3v) is 4.09. The first-order chi connectivity index (χ1) is 9.13. The predicted octanol–water partition coefficient (Wildman–Crippen LogP) is 3.67. The normalized spacial score (nSPS) is 10.6. The van der Waals surface area contributed by atoms with Gasteiger partial charge in [-0.1, -0.05) is 18.2 Å². The van der Waals surface area contributed by atoms with Crippen molar-refractivity contribution in [2.75, 3.05) is 6.54 Å². The fourth-order valence-corrected chi connectivity index (χ4v) is 3.01. The van der Waals surface area contributed by atoms with Crippen molar-refractivity contribution in [2.45, 2.75) is 26.3 Å². The van der Waals surface area contributed by atoms with Crippen LogP contribution in [0.15, 0.2) is 30.3 Å². The van der Waals surface area contributed by atoms with Gasteiger partial charge in [-0.05, 0) is 31.4 Å². The van der Waals surface area contributed by atoms with Gasteiger partial charge in [0.1, 0.15) is 0 Å². The lowest BCUT2D eigenvalue weighted by Crippen LogP contribution is -2.37. The molecule has 0 N–H and O–H groups in total. The third-order valence-electron chi connectivity index (χ3n) is 2.99. The zero-order valence-electron chi connectivity index (χ0n) is 11.1. The molecular formula is C15H16N2OS. The van der Waals surface area contributed by atoms with Crippen LogP contribution in [-0.4, -0.2) is 23.4 Å². The molecule has 0 atom stereocenters. The average molecular weight is 272 g/mol. The Labute approximate surface area is 117 Å². The van der Waals surface area contributed by atoms with Crippen molar-refractivity contribution in [3.05, 3.63) is 35.2 Å². The molecule has 19 heavy (non-hydrogen) atoms. The Morgan fingerprint density at radius 1 is 1.42 bits per heavy atom. The molecule has 0 aliphatic carbocycles. The molecule has 1 aromatic carbocycles. The first-order valence-electron chi connectivity index (χ1n) is 6.30. The quantitative estimate of drug-likeness (QED) is 0.852. The van der Waals surface area contributed by atoms with Gasteiger partial charge in [0.2, 0.25) is 0 Å². The number of hydrogen-bond donors (Lipinski definition) is 0. The molecule has 0 spiro atoms. The van der Waals surface area contributed by atoms with Gasteiger partial charge in [-0.3, -0.25) is 4.79 Å². The lowest BCUT2D eigenvalue weighted by Gasteiger charge is -2.25. The van der Waals surface area contributed by atoms with Crippen molar-refractivity contribution in [1.82, 2.24) is 4.90 Å². The van der Waals surface area contributed by atoms with Crippen molar-refractivity contribution in [2.24, 2.45) is 0 Å².